The largest absolute Gasteiger partial charge is 0.368 e. The Morgan fingerprint density at radius 1 is 1.04 bits per heavy atom. The Morgan fingerprint density at radius 2 is 1.65 bits per heavy atom. The SMILES string of the molecule is CCN(CC)c1ncnc(N2CCN(c3ccccc3)CC2)c1[N+](=O)[O-]. The summed E-state index contributed by atoms with van der Waals surface area (Å²) < 4.78 is 0. The Kier molecular flexibility index (Phi) is 5.50. The van der Waals surface area contributed by atoms with Gasteiger partial charge in [0.15, 0.2) is 0 Å². The predicted molar refractivity (Wildman–Crippen MR) is 103 cm³/mol. The number of para-hydroxylation sites is 1. The minimum atomic E-state index is -0.355. The molecule has 0 spiro atoms. The maximum absolute atomic E-state index is 11.8. The minimum absolute atomic E-state index is 0.00404. The van der Waals surface area contributed by atoms with Crippen LogP contribution in [0.1, 0.15) is 13.8 Å². The van der Waals surface area contributed by atoms with Crippen molar-refractivity contribution in [2.45, 2.75) is 13.8 Å². The third-order valence-corrected chi connectivity index (χ3v) is 4.73. The number of nitro groups is 1. The molecule has 1 aromatic heterocycles. The van der Waals surface area contributed by atoms with Crippen LogP contribution in [-0.4, -0.2) is 54.2 Å². The second-order valence-electron chi connectivity index (χ2n) is 6.11. The lowest BCUT2D eigenvalue weighted by Gasteiger charge is -2.36. The summed E-state index contributed by atoms with van der Waals surface area (Å²) in [5, 5.41) is 11.8. The van der Waals surface area contributed by atoms with Gasteiger partial charge in [0.2, 0.25) is 11.6 Å². The number of rotatable bonds is 6. The fourth-order valence-electron chi connectivity index (χ4n) is 3.33. The van der Waals surface area contributed by atoms with Crippen LogP contribution in [-0.2, 0) is 0 Å². The Labute approximate surface area is 153 Å². The molecule has 0 atom stereocenters. The van der Waals surface area contributed by atoms with Crippen LogP contribution < -0.4 is 14.7 Å². The topological polar surface area (TPSA) is 78.6 Å². The maximum atomic E-state index is 11.8. The molecule has 0 amide bonds. The van der Waals surface area contributed by atoms with Crippen molar-refractivity contribution in [3.05, 3.63) is 46.8 Å². The van der Waals surface area contributed by atoms with E-state index in [2.05, 4.69) is 27.0 Å². The van der Waals surface area contributed by atoms with Gasteiger partial charge in [0.25, 0.3) is 0 Å². The molecule has 1 saturated heterocycles. The van der Waals surface area contributed by atoms with Crippen molar-refractivity contribution < 1.29 is 4.92 Å². The van der Waals surface area contributed by atoms with E-state index in [9.17, 15) is 10.1 Å². The van der Waals surface area contributed by atoms with Crippen molar-refractivity contribution in [1.29, 1.82) is 0 Å². The summed E-state index contributed by atoms with van der Waals surface area (Å²) in [5.41, 5.74) is 1.18. The summed E-state index contributed by atoms with van der Waals surface area (Å²) in [5.74, 6) is 0.815. The Bertz CT molecular complexity index is 743. The maximum Gasteiger partial charge on any atom is 0.353 e. The van der Waals surface area contributed by atoms with E-state index in [0.717, 1.165) is 13.1 Å². The van der Waals surface area contributed by atoms with Gasteiger partial charge < -0.3 is 14.7 Å². The van der Waals surface area contributed by atoms with Crippen molar-refractivity contribution >= 4 is 23.0 Å². The van der Waals surface area contributed by atoms with Gasteiger partial charge in [-0.05, 0) is 26.0 Å². The predicted octanol–water partition coefficient (Wildman–Crippen LogP) is 2.56. The molecule has 2 aromatic rings. The summed E-state index contributed by atoms with van der Waals surface area (Å²) >= 11 is 0. The van der Waals surface area contributed by atoms with E-state index in [1.807, 2.05) is 41.8 Å². The van der Waals surface area contributed by atoms with Gasteiger partial charge in [-0.3, -0.25) is 10.1 Å². The molecule has 0 bridgehead atoms. The monoisotopic (exact) mass is 356 g/mol. The first-order valence-corrected chi connectivity index (χ1v) is 8.95. The molecule has 1 aliphatic rings. The zero-order valence-electron chi connectivity index (χ0n) is 15.2. The Morgan fingerprint density at radius 3 is 2.23 bits per heavy atom. The van der Waals surface area contributed by atoms with E-state index < -0.39 is 0 Å². The average molecular weight is 356 g/mol. The molecular formula is C18H24N6O2. The summed E-state index contributed by atoms with van der Waals surface area (Å²) in [4.78, 5) is 26.0. The van der Waals surface area contributed by atoms with Crippen molar-refractivity contribution in [3.8, 4) is 0 Å². The number of hydrogen-bond donors (Lipinski definition) is 0. The molecule has 1 aliphatic heterocycles. The molecule has 0 aliphatic carbocycles. The second-order valence-corrected chi connectivity index (χ2v) is 6.11. The van der Waals surface area contributed by atoms with Crippen molar-refractivity contribution in [1.82, 2.24) is 9.97 Å². The van der Waals surface area contributed by atoms with Crippen LogP contribution in [0.5, 0.6) is 0 Å². The Hall–Kier alpha value is -2.90. The highest BCUT2D eigenvalue weighted by Crippen LogP contribution is 2.34. The van der Waals surface area contributed by atoms with Crippen molar-refractivity contribution in [2.75, 3.05) is 54.0 Å². The summed E-state index contributed by atoms with van der Waals surface area (Å²) in [6.45, 7) is 8.22. The standard InChI is InChI=1S/C18H24N6O2/c1-3-21(4-2)17-16(24(25)26)18(20-14-19-17)23-12-10-22(11-13-23)15-8-6-5-7-9-15/h5-9,14H,3-4,10-13H2,1-2H3. The smallest absolute Gasteiger partial charge is 0.353 e. The van der Waals surface area contributed by atoms with E-state index >= 15 is 0 Å². The average Bonchev–Trinajstić information content (AvgIpc) is 2.69. The normalized spacial score (nSPS) is 14.4. The molecule has 2 heterocycles. The van der Waals surface area contributed by atoms with E-state index in [0.29, 0.717) is 37.8 Å². The fourth-order valence-corrected chi connectivity index (χ4v) is 3.33. The quantitative estimate of drug-likeness (QED) is 0.581. The molecule has 1 aromatic carbocycles. The van der Waals surface area contributed by atoms with Crippen molar-refractivity contribution in [2.24, 2.45) is 0 Å². The molecule has 0 N–H and O–H groups in total. The third kappa shape index (κ3) is 3.54. The molecule has 8 nitrogen and oxygen atoms in total. The van der Waals surface area contributed by atoms with Gasteiger partial charge in [-0.1, -0.05) is 18.2 Å². The number of aromatic nitrogens is 2. The molecule has 0 unspecified atom stereocenters. The number of anilines is 3. The first kappa shape index (κ1) is 17.9. The highest BCUT2D eigenvalue weighted by molar-refractivity contribution is 5.71. The molecule has 0 saturated carbocycles. The number of benzene rings is 1. The van der Waals surface area contributed by atoms with Crippen LogP contribution in [0, 0.1) is 10.1 Å². The first-order chi connectivity index (χ1) is 12.7. The molecular weight excluding hydrogens is 332 g/mol. The summed E-state index contributed by atoms with van der Waals surface area (Å²) in [6, 6.07) is 10.2. The van der Waals surface area contributed by atoms with Gasteiger partial charge in [0.05, 0.1) is 4.92 Å². The summed E-state index contributed by atoms with van der Waals surface area (Å²) in [6.07, 6.45) is 1.43. The van der Waals surface area contributed by atoms with Gasteiger partial charge in [-0.25, -0.2) is 9.97 Å². The first-order valence-electron chi connectivity index (χ1n) is 8.95. The van der Waals surface area contributed by atoms with Gasteiger partial charge in [0, 0.05) is 45.0 Å². The van der Waals surface area contributed by atoms with Crippen LogP contribution in [0.15, 0.2) is 36.7 Å². The lowest BCUT2D eigenvalue weighted by Crippen LogP contribution is -2.47. The molecule has 8 heteroatoms. The van der Waals surface area contributed by atoms with Crippen molar-refractivity contribution in [3.63, 3.8) is 0 Å². The molecule has 138 valence electrons. The molecule has 26 heavy (non-hydrogen) atoms. The molecule has 0 radical (unpaired) electrons. The Balaban J connectivity index is 1.84. The van der Waals surface area contributed by atoms with Crippen LogP contribution in [0.3, 0.4) is 0 Å². The second kappa shape index (κ2) is 7.99. The zero-order valence-corrected chi connectivity index (χ0v) is 15.2. The number of hydrogen-bond acceptors (Lipinski definition) is 7. The lowest BCUT2D eigenvalue weighted by atomic mass is 10.2. The number of nitrogens with zero attached hydrogens (tertiary/aromatic N) is 6. The fraction of sp³-hybridized carbons (Fsp3) is 0.444. The van der Waals surface area contributed by atoms with Gasteiger partial charge in [0.1, 0.15) is 6.33 Å². The highest BCUT2D eigenvalue weighted by Gasteiger charge is 2.30. The van der Waals surface area contributed by atoms with Gasteiger partial charge in [-0.15, -0.1) is 0 Å². The molecule has 1 fully saturated rings. The summed E-state index contributed by atoms with van der Waals surface area (Å²) in [7, 11) is 0. The van der Waals surface area contributed by atoms with Crippen LogP contribution in [0.2, 0.25) is 0 Å². The van der Waals surface area contributed by atoms with Gasteiger partial charge in [-0.2, -0.15) is 0 Å². The van der Waals surface area contributed by atoms with E-state index in [1.54, 1.807) is 0 Å². The van der Waals surface area contributed by atoms with E-state index in [4.69, 9.17) is 0 Å². The van der Waals surface area contributed by atoms with Crippen LogP contribution in [0.25, 0.3) is 0 Å². The van der Waals surface area contributed by atoms with E-state index in [1.165, 1.54) is 12.0 Å². The minimum Gasteiger partial charge on any atom is -0.368 e. The zero-order chi connectivity index (χ0) is 18.5. The van der Waals surface area contributed by atoms with Gasteiger partial charge >= 0.3 is 5.69 Å². The number of piperazine rings is 1. The lowest BCUT2D eigenvalue weighted by molar-refractivity contribution is -0.383. The van der Waals surface area contributed by atoms with E-state index in [-0.39, 0.29) is 10.6 Å². The highest BCUT2D eigenvalue weighted by atomic mass is 16.6. The molecule has 3 rings (SSSR count). The third-order valence-electron chi connectivity index (χ3n) is 4.73. The van der Waals surface area contributed by atoms with Crippen LogP contribution >= 0.6 is 0 Å². The van der Waals surface area contributed by atoms with Crippen LogP contribution in [0.4, 0.5) is 23.0 Å².